The van der Waals surface area contributed by atoms with Crippen molar-refractivity contribution in [3.63, 3.8) is 0 Å². The summed E-state index contributed by atoms with van der Waals surface area (Å²) in [6.07, 6.45) is 3.46. The van der Waals surface area contributed by atoms with E-state index >= 15 is 0 Å². The van der Waals surface area contributed by atoms with Crippen LogP contribution in [-0.4, -0.2) is 55.4 Å². The third-order valence-corrected chi connectivity index (χ3v) is 6.37. The van der Waals surface area contributed by atoms with Gasteiger partial charge in [-0.15, -0.1) is 22.0 Å². The van der Waals surface area contributed by atoms with Crippen LogP contribution in [0.4, 0.5) is 0 Å². The van der Waals surface area contributed by atoms with Crippen LogP contribution >= 0.6 is 11.8 Å². The van der Waals surface area contributed by atoms with Gasteiger partial charge in [0.1, 0.15) is 5.75 Å². The first-order valence-corrected chi connectivity index (χ1v) is 11.7. The van der Waals surface area contributed by atoms with Crippen LogP contribution in [-0.2, 0) is 22.0 Å². The molecule has 168 valence electrons. The molecule has 1 aliphatic rings. The lowest BCUT2D eigenvalue weighted by Crippen LogP contribution is -2.37. The normalized spacial score (nSPS) is 16.9. The fraction of sp³-hybridized carbons (Fsp3) is 0.565. The first kappa shape index (κ1) is 23.3. The molecule has 1 aromatic carbocycles. The van der Waals surface area contributed by atoms with E-state index in [2.05, 4.69) is 62.2 Å². The van der Waals surface area contributed by atoms with E-state index in [1.54, 1.807) is 11.8 Å². The molecule has 8 heteroatoms. The number of carbonyl (C=O) groups is 1. The molecule has 2 heterocycles. The van der Waals surface area contributed by atoms with Crippen molar-refractivity contribution in [1.29, 1.82) is 0 Å². The average Bonchev–Trinajstić information content (AvgIpc) is 3.17. The van der Waals surface area contributed by atoms with Crippen molar-refractivity contribution >= 4 is 23.7 Å². The van der Waals surface area contributed by atoms with Gasteiger partial charge >= 0.3 is 0 Å². The number of aromatic amines is 1. The van der Waals surface area contributed by atoms with Crippen LogP contribution in [0.3, 0.4) is 0 Å². The number of amides is 1. The highest BCUT2D eigenvalue weighted by molar-refractivity contribution is 8.04. The van der Waals surface area contributed by atoms with Gasteiger partial charge in [-0.2, -0.15) is 5.21 Å². The third kappa shape index (κ3) is 5.67. The summed E-state index contributed by atoms with van der Waals surface area (Å²) in [6.45, 7) is 14.0. The van der Waals surface area contributed by atoms with Crippen molar-refractivity contribution in [3.8, 4) is 5.75 Å². The second-order valence-corrected chi connectivity index (χ2v) is 11.2. The van der Waals surface area contributed by atoms with Crippen LogP contribution in [0.5, 0.6) is 5.75 Å². The number of nitrogens with one attached hydrogen (secondary N) is 1. The number of rotatable bonds is 5. The summed E-state index contributed by atoms with van der Waals surface area (Å²) in [7, 11) is 0. The molecule has 0 bridgehead atoms. The van der Waals surface area contributed by atoms with Crippen LogP contribution in [0.1, 0.15) is 70.5 Å². The summed E-state index contributed by atoms with van der Waals surface area (Å²) in [6, 6.07) is 4.03. The molecule has 2 N–H and O–H groups in total. The number of nitrogens with zero attached hydrogens (tertiary/aromatic N) is 4. The molecule has 3 rings (SSSR count). The van der Waals surface area contributed by atoms with Gasteiger partial charge in [0.2, 0.25) is 0 Å². The lowest BCUT2D eigenvalue weighted by atomic mass is 9.78. The number of hydrogen-bond donors (Lipinski definition) is 2. The van der Waals surface area contributed by atoms with Crippen molar-refractivity contribution in [2.75, 3.05) is 18.8 Å². The molecule has 1 aromatic heterocycles. The van der Waals surface area contributed by atoms with E-state index in [0.29, 0.717) is 24.5 Å². The van der Waals surface area contributed by atoms with Crippen LogP contribution in [0, 0.1) is 0 Å². The lowest BCUT2D eigenvalue weighted by Gasteiger charge is -2.29. The van der Waals surface area contributed by atoms with Crippen molar-refractivity contribution in [3.05, 3.63) is 39.6 Å². The maximum Gasteiger partial charge on any atom is 0.260 e. The van der Waals surface area contributed by atoms with E-state index in [0.717, 1.165) is 40.3 Å². The van der Waals surface area contributed by atoms with Gasteiger partial charge in [-0.05, 0) is 41.0 Å². The number of aromatic hydroxyl groups is 1. The highest BCUT2D eigenvalue weighted by Crippen LogP contribution is 2.40. The maximum atomic E-state index is 13.1. The minimum Gasteiger partial charge on any atom is -0.507 e. The van der Waals surface area contributed by atoms with Gasteiger partial charge in [0.25, 0.3) is 5.91 Å². The Hall–Kier alpha value is -2.35. The second-order valence-electron chi connectivity index (χ2n) is 10.0. The monoisotopic (exact) mass is 443 g/mol. The third-order valence-electron chi connectivity index (χ3n) is 5.38. The summed E-state index contributed by atoms with van der Waals surface area (Å²) in [5.74, 6) is 1.96. The minimum atomic E-state index is -0.205. The van der Waals surface area contributed by atoms with Crippen LogP contribution in [0.25, 0.3) is 6.08 Å². The summed E-state index contributed by atoms with van der Waals surface area (Å²) < 4.78 is 0. The van der Waals surface area contributed by atoms with E-state index in [1.807, 2.05) is 23.1 Å². The van der Waals surface area contributed by atoms with E-state index in [-0.39, 0.29) is 16.7 Å². The van der Waals surface area contributed by atoms with Crippen molar-refractivity contribution in [2.45, 2.75) is 65.2 Å². The number of aryl methyl sites for hydroxylation is 1. The molecule has 0 atom stereocenters. The fourth-order valence-corrected chi connectivity index (χ4v) is 4.66. The van der Waals surface area contributed by atoms with Crippen molar-refractivity contribution in [1.82, 2.24) is 25.5 Å². The van der Waals surface area contributed by atoms with Crippen molar-refractivity contribution in [2.24, 2.45) is 0 Å². The van der Waals surface area contributed by atoms with Gasteiger partial charge in [0, 0.05) is 36.4 Å². The fourth-order valence-electron chi connectivity index (χ4n) is 3.65. The molecule has 1 fully saturated rings. The molecule has 2 aromatic rings. The number of carbonyl (C=O) groups excluding carboxylic acids is 1. The van der Waals surface area contributed by atoms with E-state index in [4.69, 9.17) is 0 Å². The number of aromatic nitrogens is 4. The minimum absolute atomic E-state index is 0.0621. The number of phenols is 1. The Bertz CT molecular complexity index is 920. The standard InChI is InChI=1S/C23H33N5O2S/c1-22(2,3)16-12-15(13-17(20(16)29)23(4,5)6)14-18-21(30)28(10-11-31-18)9-7-8-19-24-26-27-25-19/h12-14,29H,7-11H2,1-6H3,(H,24,25,26,27). The number of tetrazole rings is 1. The SMILES string of the molecule is CC(C)(C)c1cc(C=C2SCCN(CCCc3nn[nH]n3)C2=O)cc(C(C)(C)C)c1O. The highest BCUT2D eigenvalue weighted by Gasteiger charge is 2.28. The molecule has 1 aliphatic heterocycles. The summed E-state index contributed by atoms with van der Waals surface area (Å²) >= 11 is 1.60. The van der Waals surface area contributed by atoms with Crippen LogP contribution < -0.4 is 0 Å². The quantitative estimate of drug-likeness (QED) is 0.677. The summed E-state index contributed by atoms with van der Waals surface area (Å²) in [5.41, 5.74) is 2.35. The second kappa shape index (κ2) is 9.02. The summed E-state index contributed by atoms with van der Waals surface area (Å²) in [5, 5.41) is 24.9. The Morgan fingerprint density at radius 2 is 1.81 bits per heavy atom. The zero-order chi connectivity index (χ0) is 22.8. The Kier molecular flexibility index (Phi) is 6.79. The first-order valence-electron chi connectivity index (χ1n) is 10.7. The first-order chi connectivity index (χ1) is 14.5. The lowest BCUT2D eigenvalue weighted by molar-refractivity contribution is -0.126. The van der Waals surface area contributed by atoms with E-state index < -0.39 is 0 Å². The molecule has 31 heavy (non-hydrogen) atoms. The predicted octanol–water partition coefficient (Wildman–Crippen LogP) is 4.05. The Morgan fingerprint density at radius 1 is 1.16 bits per heavy atom. The number of phenolic OH excluding ortho intramolecular Hbond substituents is 1. The maximum absolute atomic E-state index is 13.1. The molecular weight excluding hydrogens is 410 g/mol. The molecule has 1 amide bonds. The zero-order valence-electron chi connectivity index (χ0n) is 19.3. The number of thioether (sulfide) groups is 1. The number of benzene rings is 1. The Labute approximate surface area is 188 Å². The molecule has 0 saturated carbocycles. The van der Waals surface area contributed by atoms with Gasteiger partial charge in [0.15, 0.2) is 5.82 Å². The van der Waals surface area contributed by atoms with Gasteiger partial charge < -0.3 is 10.0 Å². The molecule has 0 unspecified atom stereocenters. The van der Waals surface area contributed by atoms with Crippen LogP contribution in [0.15, 0.2) is 17.0 Å². The van der Waals surface area contributed by atoms with Gasteiger partial charge in [-0.1, -0.05) is 46.8 Å². The zero-order valence-corrected chi connectivity index (χ0v) is 20.1. The van der Waals surface area contributed by atoms with E-state index in [1.165, 1.54) is 0 Å². The van der Waals surface area contributed by atoms with Crippen LogP contribution in [0.2, 0.25) is 0 Å². The average molecular weight is 444 g/mol. The van der Waals surface area contributed by atoms with Gasteiger partial charge in [-0.25, -0.2) is 0 Å². The van der Waals surface area contributed by atoms with Gasteiger partial charge in [0.05, 0.1) is 4.91 Å². The topological polar surface area (TPSA) is 95.0 Å². The summed E-state index contributed by atoms with van der Waals surface area (Å²) in [4.78, 5) is 15.7. The molecule has 0 aliphatic carbocycles. The molecule has 1 saturated heterocycles. The largest absolute Gasteiger partial charge is 0.507 e. The highest BCUT2D eigenvalue weighted by atomic mass is 32.2. The molecule has 7 nitrogen and oxygen atoms in total. The Morgan fingerprint density at radius 3 is 2.35 bits per heavy atom. The Balaban J connectivity index is 1.84. The predicted molar refractivity (Wildman–Crippen MR) is 125 cm³/mol. The van der Waals surface area contributed by atoms with Gasteiger partial charge in [-0.3, -0.25) is 4.79 Å². The van der Waals surface area contributed by atoms with Crippen molar-refractivity contribution < 1.29 is 9.90 Å². The van der Waals surface area contributed by atoms with E-state index in [9.17, 15) is 9.90 Å². The molecule has 0 spiro atoms. The smallest absolute Gasteiger partial charge is 0.260 e. The number of hydrogen-bond acceptors (Lipinski definition) is 6. The molecular formula is C23H33N5O2S. The molecule has 0 radical (unpaired) electrons. The number of H-pyrrole nitrogens is 1.